The Labute approximate surface area is 105 Å². The Balaban J connectivity index is 2.23. The summed E-state index contributed by atoms with van der Waals surface area (Å²) in [6.07, 6.45) is 1.09. The van der Waals surface area contributed by atoms with Gasteiger partial charge >= 0.3 is 0 Å². The van der Waals surface area contributed by atoms with Crippen LogP contribution in [0.3, 0.4) is 0 Å². The van der Waals surface area contributed by atoms with Crippen LogP contribution in [0.25, 0.3) is 0 Å². The van der Waals surface area contributed by atoms with Crippen molar-refractivity contribution >= 4 is 23.3 Å². The molecule has 3 nitrogen and oxygen atoms in total. The normalized spacial score (nSPS) is 19.3. The van der Waals surface area contributed by atoms with Crippen LogP contribution in [0.1, 0.15) is 12.0 Å². The maximum absolute atomic E-state index is 13.9. The van der Waals surface area contributed by atoms with Gasteiger partial charge in [-0.2, -0.15) is 11.8 Å². The van der Waals surface area contributed by atoms with Crippen LogP contribution in [-0.2, 0) is 0 Å². The van der Waals surface area contributed by atoms with Gasteiger partial charge in [0.25, 0.3) is 0 Å². The zero-order valence-electron chi connectivity index (χ0n) is 9.74. The van der Waals surface area contributed by atoms with E-state index in [1.807, 2.05) is 23.7 Å². The van der Waals surface area contributed by atoms with Crippen LogP contribution in [-0.4, -0.2) is 30.4 Å². The first-order valence-corrected chi connectivity index (χ1v) is 6.69. The number of benzene rings is 1. The molecule has 3 N–H and O–H groups in total. The molecule has 1 atom stereocenters. The van der Waals surface area contributed by atoms with Gasteiger partial charge in [-0.05, 0) is 30.4 Å². The molecule has 1 aromatic carbocycles. The standard InChI is InChI=1S/C12H16FN3S/c1-16(9-4-5-17-7-9)11-3-2-8(12(14)15)6-10(11)13/h2-3,6,9H,4-5,7H2,1H3,(H3,14,15). The minimum absolute atomic E-state index is 0.102. The van der Waals surface area contributed by atoms with Gasteiger partial charge in [-0.3, -0.25) is 5.41 Å². The van der Waals surface area contributed by atoms with E-state index in [4.69, 9.17) is 11.1 Å². The van der Waals surface area contributed by atoms with E-state index in [0.29, 0.717) is 17.3 Å². The summed E-state index contributed by atoms with van der Waals surface area (Å²) in [5, 5.41) is 7.27. The predicted molar refractivity (Wildman–Crippen MR) is 71.5 cm³/mol. The van der Waals surface area contributed by atoms with Crippen molar-refractivity contribution in [2.45, 2.75) is 12.5 Å². The van der Waals surface area contributed by atoms with E-state index in [2.05, 4.69) is 0 Å². The molecule has 1 aromatic rings. The lowest BCUT2D eigenvalue weighted by atomic mass is 10.1. The molecule has 17 heavy (non-hydrogen) atoms. The quantitative estimate of drug-likeness (QED) is 0.640. The average Bonchev–Trinajstić information content (AvgIpc) is 2.81. The highest BCUT2D eigenvalue weighted by Crippen LogP contribution is 2.28. The van der Waals surface area contributed by atoms with Gasteiger partial charge in [0.15, 0.2) is 0 Å². The number of amidine groups is 1. The Morgan fingerprint density at radius 1 is 1.59 bits per heavy atom. The van der Waals surface area contributed by atoms with Crippen molar-refractivity contribution in [3.63, 3.8) is 0 Å². The van der Waals surface area contributed by atoms with Crippen LogP contribution in [0, 0.1) is 11.2 Å². The smallest absolute Gasteiger partial charge is 0.147 e. The fourth-order valence-corrected chi connectivity index (χ4v) is 3.25. The maximum atomic E-state index is 13.9. The van der Waals surface area contributed by atoms with Gasteiger partial charge in [-0.1, -0.05) is 0 Å². The summed E-state index contributed by atoms with van der Waals surface area (Å²) in [7, 11) is 1.92. The number of thioether (sulfide) groups is 1. The molecular weight excluding hydrogens is 237 g/mol. The molecule has 1 aliphatic rings. The summed E-state index contributed by atoms with van der Waals surface area (Å²) in [6.45, 7) is 0. The molecule has 2 rings (SSSR count). The second kappa shape index (κ2) is 4.96. The molecule has 0 spiro atoms. The van der Waals surface area contributed by atoms with E-state index >= 15 is 0 Å². The van der Waals surface area contributed by atoms with Crippen LogP contribution in [0.2, 0.25) is 0 Å². The van der Waals surface area contributed by atoms with Crippen molar-refractivity contribution in [3.8, 4) is 0 Å². The minimum Gasteiger partial charge on any atom is -0.384 e. The largest absolute Gasteiger partial charge is 0.384 e. The summed E-state index contributed by atoms with van der Waals surface area (Å²) >= 11 is 1.90. The predicted octanol–water partition coefficient (Wildman–Crippen LogP) is 2.05. The van der Waals surface area contributed by atoms with Gasteiger partial charge in [-0.15, -0.1) is 0 Å². The van der Waals surface area contributed by atoms with Crippen molar-refractivity contribution in [3.05, 3.63) is 29.6 Å². The van der Waals surface area contributed by atoms with Gasteiger partial charge in [0.05, 0.1) is 5.69 Å². The first kappa shape index (κ1) is 12.2. The fourth-order valence-electron chi connectivity index (χ4n) is 1.98. The van der Waals surface area contributed by atoms with E-state index in [9.17, 15) is 4.39 Å². The van der Waals surface area contributed by atoms with Crippen LogP contribution in [0.5, 0.6) is 0 Å². The third kappa shape index (κ3) is 2.54. The number of nitrogen functional groups attached to an aromatic ring is 1. The lowest BCUT2D eigenvalue weighted by Crippen LogP contribution is -2.32. The Bertz CT molecular complexity index is 430. The number of halogens is 1. The number of hydrogen-bond donors (Lipinski definition) is 2. The highest BCUT2D eigenvalue weighted by Gasteiger charge is 2.22. The summed E-state index contributed by atoms with van der Waals surface area (Å²) in [5.74, 6) is 1.78. The van der Waals surface area contributed by atoms with Crippen molar-refractivity contribution in [2.75, 3.05) is 23.5 Å². The second-order valence-electron chi connectivity index (χ2n) is 4.21. The van der Waals surface area contributed by atoms with Gasteiger partial charge in [-0.25, -0.2) is 4.39 Å². The maximum Gasteiger partial charge on any atom is 0.147 e. The Morgan fingerprint density at radius 2 is 2.35 bits per heavy atom. The number of nitrogens with two attached hydrogens (primary N) is 1. The summed E-state index contributed by atoms with van der Waals surface area (Å²) in [6, 6.07) is 5.13. The van der Waals surface area contributed by atoms with Gasteiger partial charge in [0.1, 0.15) is 11.7 Å². The van der Waals surface area contributed by atoms with Crippen molar-refractivity contribution in [2.24, 2.45) is 5.73 Å². The van der Waals surface area contributed by atoms with Crippen LogP contribution in [0.4, 0.5) is 10.1 Å². The lowest BCUT2D eigenvalue weighted by Gasteiger charge is -2.26. The molecule has 1 unspecified atom stereocenters. The topological polar surface area (TPSA) is 53.1 Å². The van der Waals surface area contributed by atoms with E-state index in [-0.39, 0.29) is 11.7 Å². The van der Waals surface area contributed by atoms with Crippen LogP contribution >= 0.6 is 11.8 Å². The van der Waals surface area contributed by atoms with Gasteiger partial charge in [0, 0.05) is 24.4 Å². The van der Waals surface area contributed by atoms with Crippen molar-refractivity contribution in [1.82, 2.24) is 0 Å². The van der Waals surface area contributed by atoms with E-state index in [1.165, 1.54) is 6.07 Å². The molecule has 0 aromatic heterocycles. The number of rotatable bonds is 3. The number of anilines is 1. The minimum atomic E-state index is -0.308. The first-order chi connectivity index (χ1) is 8.09. The van der Waals surface area contributed by atoms with Gasteiger partial charge in [0.2, 0.25) is 0 Å². The summed E-state index contributed by atoms with van der Waals surface area (Å²) in [4.78, 5) is 1.99. The molecular formula is C12H16FN3S. The average molecular weight is 253 g/mol. The second-order valence-corrected chi connectivity index (χ2v) is 5.36. The zero-order chi connectivity index (χ0) is 12.4. The molecule has 1 saturated heterocycles. The molecule has 92 valence electrons. The zero-order valence-corrected chi connectivity index (χ0v) is 10.6. The fraction of sp³-hybridized carbons (Fsp3) is 0.417. The highest BCUT2D eigenvalue weighted by atomic mass is 32.2. The van der Waals surface area contributed by atoms with Crippen LogP contribution < -0.4 is 10.6 Å². The molecule has 0 aliphatic carbocycles. The van der Waals surface area contributed by atoms with E-state index in [1.54, 1.807) is 12.1 Å². The summed E-state index contributed by atoms with van der Waals surface area (Å²) < 4.78 is 13.9. The lowest BCUT2D eigenvalue weighted by molar-refractivity contribution is 0.607. The Morgan fingerprint density at radius 3 is 2.88 bits per heavy atom. The highest BCUT2D eigenvalue weighted by molar-refractivity contribution is 7.99. The number of nitrogens with one attached hydrogen (secondary N) is 1. The monoisotopic (exact) mass is 253 g/mol. The molecule has 0 amide bonds. The molecule has 0 radical (unpaired) electrons. The third-order valence-electron chi connectivity index (χ3n) is 3.09. The third-order valence-corrected chi connectivity index (χ3v) is 4.24. The first-order valence-electron chi connectivity index (χ1n) is 5.54. The van der Waals surface area contributed by atoms with Crippen molar-refractivity contribution < 1.29 is 4.39 Å². The van der Waals surface area contributed by atoms with E-state index in [0.717, 1.165) is 17.9 Å². The number of hydrogen-bond acceptors (Lipinski definition) is 3. The Kier molecular flexibility index (Phi) is 3.57. The van der Waals surface area contributed by atoms with Gasteiger partial charge < -0.3 is 10.6 Å². The van der Waals surface area contributed by atoms with Crippen molar-refractivity contribution in [1.29, 1.82) is 5.41 Å². The van der Waals surface area contributed by atoms with E-state index < -0.39 is 0 Å². The van der Waals surface area contributed by atoms with Crippen LogP contribution in [0.15, 0.2) is 18.2 Å². The molecule has 1 aliphatic heterocycles. The Hall–Kier alpha value is -1.23. The molecule has 1 fully saturated rings. The molecule has 1 heterocycles. The molecule has 0 saturated carbocycles. The number of nitrogens with zero attached hydrogens (tertiary/aromatic N) is 1. The summed E-state index contributed by atoms with van der Waals surface area (Å²) in [5.41, 5.74) is 6.35. The molecule has 0 bridgehead atoms. The SMILES string of the molecule is CN(c1ccc(C(=N)N)cc1F)C1CCSC1. The molecule has 5 heteroatoms.